The average Bonchev–Trinajstić information content (AvgIpc) is 2.49. The second kappa shape index (κ2) is 6.54. The molecule has 0 amide bonds. The van der Waals surface area contributed by atoms with Gasteiger partial charge in [-0.15, -0.1) is 0 Å². The standard InChI is InChI=1S/C15H16N2O2/c1-19-14-7-5-13(6-8-14)15(17-18)9-4-12-3-2-10-16-11-12/h2-3,5-8,10-11,18H,4,9H2,1H3. The van der Waals surface area contributed by atoms with Crippen LogP contribution < -0.4 is 4.74 Å². The Hall–Kier alpha value is -2.36. The van der Waals surface area contributed by atoms with Crippen LogP contribution in [-0.4, -0.2) is 23.0 Å². The Bertz CT molecular complexity index is 536. The van der Waals surface area contributed by atoms with E-state index in [2.05, 4.69) is 10.1 Å². The molecule has 4 heteroatoms. The summed E-state index contributed by atoms with van der Waals surface area (Å²) < 4.78 is 5.10. The molecule has 4 nitrogen and oxygen atoms in total. The molecule has 0 fully saturated rings. The Morgan fingerprint density at radius 3 is 2.63 bits per heavy atom. The molecule has 0 spiro atoms. The van der Waals surface area contributed by atoms with Crippen molar-refractivity contribution in [2.75, 3.05) is 7.11 Å². The van der Waals surface area contributed by atoms with Gasteiger partial charge in [0.05, 0.1) is 12.8 Å². The molecule has 19 heavy (non-hydrogen) atoms. The summed E-state index contributed by atoms with van der Waals surface area (Å²) in [4.78, 5) is 4.06. The van der Waals surface area contributed by atoms with E-state index in [-0.39, 0.29) is 0 Å². The number of aromatic nitrogens is 1. The van der Waals surface area contributed by atoms with Crippen LogP contribution in [0.2, 0.25) is 0 Å². The van der Waals surface area contributed by atoms with Crippen molar-refractivity contribution < 1.29 is 9.94 Å². The normalized spacial score (nSPS) is 11.3. The molecule has 1 aromatic heterocycles. The predicted octanol–water partition coefficient (Wildman–Crippen LogP) is 2.90. The molecule has 0 aliphatic carbocycles. The molecule has 0 atom stereocenters. The van der Waals surface area contributed by atoms with Gasteiger partial charge in [-0.3, -0.25) is 4.98 Å². The van der Waals surface area contributed by atoms with Crippen molar-refractivity contribution in [2.45, 2.75) is 12.8 Å². The van der Waals surface area contributed by atoms with E-state index in [1.54, 1.807) is 13.3 Å². The highest BCUT2D eigenvalue weighted by molar-refractivity contribution is 6.00. The zero-order valence-electron chi connectivity index (χ0n) is 10.8. The van der Waals surface area contributed by atoms with Gasteiger partial charge in [0.15, 0.2) is 0 Å². The Morgan fingerprint density at radius 2 is 2.05 bits per heavy atom. The zero-order chi connectivity index (χ0) is 13.5. The van der Waals surface area contributed by atoms with Crippen LogP contribution in [0.1, 0.15) is 17.5 Å². The topological polar surface area (TPSA) is 54.7 Å². The largest absolute Gasteiger partial charge is 0.497 e. The van der Waals surface area contributed by atoms with E-state index in [0.717, 1.165) is 23.3 Å². The fourth-order valence-corrected chi connectivity index (χ4v) is 1.84. The van der Waals surface area contributed by atoms with Crippen LogP contribution in [0.4, 0.5) is 0 Å². The van der Waals surface area contributed by atoms with Gasteiger partial charge in [0.1, 0.15) is 5.75 Å². The van der Waals surface area contributed by atoms with Gasteiger partial charge in [0.2, 0.25) is 0 Å². The van der Waals surface area contributed by atoms with Gasteiger partial charge in [-0.1, -0.05) is 11.2 Å². The van der Waals surface area contributed by atoms with Crippen molar-refractivity contribution in [3.63, 3.8) is 0 Å². The lowest BCUT2D eigenvalue weighted by molar-refractivity contribution is 0.318. The molecule has 0 aliphatic rings. The molecule has 0 aliphatic heterocycles. The number of methoxy groups -OCH3 is 1. The summed E-state index contributed by atoms with van der Waals surface area (Å²) in [5, 5.41) is 12.5. The van der Waals surface area contributed by atoms with E-state index < -0.39 is 0 Å². The third-order valence-electron chi connectivity index (χ3n) is 2.92. The Morgan fingerprint density at radius 1 is 1.26 bits per heavy atom. The summed E-state index contributed by atoms with van der Waals surface area (Å²) in [6.07, 6.45) is 5.02. The molecule has 1 heterocycles. The molecular weight excluding hydrogens is 240 g/mol. The lowest BCUT2D eigenvalue weighted by atomic mass is 10.0. The van der Waals surface area contributed by atoms with E-state index in [4.69, 9.17) is 9.94 Å². The van der Waals surface area contributed by atoms with Gasteiger partial charge in [-0.25, -0.2) is 0 Å². The summed E-state index contributed by atoms with van der Waals surface area (Å²) in [6.45, 7) is 0. The highest BCUT2D eigenvalue weighted by atomic mass is 16.5. The smallest absolute Gasteiger partial charge is 0.118 e. The van der Waals surface area contributed by atoms with Gasteiger partial charge in [-0.2, -0.15) is 0 Å². The summed E-state index contributed by atoms with van der Waals surface area (Å²) in [5.41, 5.74) is 2.68. The summed E-state index contributed by atoms with van der Waals surface area (Å²) >= 11 is 0. The van der Waals surface area contributed by atoms with Gasteiger partial charge in [0.25, 0.3) is 0 Å². The van der Waals surface area contributed by atoms with Crippen LogP contribution >= 0.6 is 0 Å². The lowest BCUT2D eigenvalue weighted by Crippen LogP contribution is -2.03. The summed E-state index contributed by atoms with van der Waals surface area (Å²) in [5.74, 6) is 0.785. The molecule has 1 N–H and O–H groups in total. The number of ether oxygens (including phenoxy) is 1. The number of benzene rings is 1. The third-order valence-corrected chi connectivity index (χ3v) is 2.92. The van der Waals surface area contributed by atoms with Crippen LogP contribution in [0.5, 0.6) is 5.75 Å². The van der Waals surface area contributed by atoms with Crippen molar-refractivity contribution in [1.29, 1.82) is 0 Å². The van der Waals surface area contributed by atoms with Crippen molar-refractivity contribution >= 4 is 5.71 Å². The van der Waals surface area contributed by atoms with Crippen molar-refractivity contribution in [2.24, 2.45) is 5.16 Å². The number of nitrogens with zero attached hydrogens (tertiary/aromatic N) is 2. The van der Waals surface area contributed by atoms with Crippen LogP contribution in [0, 0.1) is 0 Å². The number of rotatable bonds is 5. The molecule has 0 saturated heterocycles. The lowest BCUT2D eigenvalue weighted by Gasteiger charge is -2.06. The molecular formula is C15H16N2O2. The predicted molar refractivity (Wildman–Crippen MR) is 73.9 cm³/mol. The number of aryl methyl sites for hydroxylation is 1. The second-order valence-corrected chi connectivity index (χ2v) is 4.14. The highest BCUT2D eigenvalue weighted by Gasteiger charge is 2.05. The van der Waals surface area contributed by atoms with E-state index >= 15 is 0 Å². The first-order valence-corrected chi connectivity index (χ1v) is 6.07. The average molecular weight is 256 g/mol. The maximum atomic E-state index is 9.13. The first-order chi connectivity index (χ1) is 9.33. The molecule has 2 aromatic rings. The first-order valence-electron chi connectivity index (χ1n) is 6.07. The molecule has 0 saturated carbocycles. The van der Waals surface area contributed by atoms with E-state index in [0.29, 0.717) is 12.1 Å². The number of hydrogen-bond acceptors (Lipinski definition) is 4. The summed E-state index contributed by atoms with van der Waals surface area (Å²) in [7, 11) is 1.62. The van der Waals surface area contributed by atoms with Gasteiger partial charge in [0, 0.05) is 12.4 Å². The van der Waals surface area contributed by atoms with E-state index in [1.165, 1.54) is 0 Å². The van der Waals surface area contributed by atoms with Crippen LogP contribution in [-0.2, 0) is 6.42 Å². The fraction of sp³-hybridized carbons (Fsp3) is 0.200. The fourth-order valence-electron chi connectivity index (χ4n) is 1.84. The van der Waals surface area contributed by atoms with Crippen LogP contribution in [0.25, 0.3) is 0 Å². The Balaban J connectivity index is 2.04. The third kappa shape index (κ3) is 3.55. The maximum Gasteiger partial charge on any atom is 0.118 e. The monoisotopic (exact) mass is 256 g/mol. The quantitative estimate of drug-likeness (QED) is 0.508. The van der Waals surface area contributed by atoms with Gasteiger partial charge in [-0.05, 0) is 54.3 Å². The summed E-state index contributed by atoms with van der Waals surface area (Å²) in [6, 6.07) is 11.4. The SMILES string of the molecule is COc1ccc(C(CCc2cccnc2)=NO)cc1. The van der Waals surface area contributed by atoms with Gasteiger partial charge >= 0.3 is 0 Å². The van der Waals surface area contributed by atoms with Crippen molar-refractivity contribution in [3.8, 4) is 5.75 Å². The minimum absolute atomic E-state index is 0.659. The maximum absolute atomic E-state index is 9.13. The molecule has 0 radical (unpaired) electrons. The van der Waals surface area contributed by atoms with Crippen LogP contribution in [0.3, 0.4) is 0 Å². The molecule has 0 bridgehead atoms. The minimum atomic E-state index is 0.659. The number of oxime groups is 1. The van der Waals surface area contributed by atoms with Gasteiger partial charge < -0.3 is 9.94 Å². The first kappa shape index (κ1) is 13.1. The number of pyridine rings is 1. The molecule has 0 unspecified atom stereocenters. The van der Waals surface area contributed by atoms with Crippen molar-refractivity contribution in [3.05, 3.63) is 59.9 Å². The second-order valence-electron chi connectivity index (χ2n) is 4.14. The van der Waals surface area contributed by atoms with E-state index in [1.807, 2.05) is 42.6 Å². The Labute approximate surface area is 112 Å². The zero-order valence-corrected chi connectivity index (χ0v) is 10.8. The molecule has 1 aromatic carbocycles. The number of hydrogen-bond donors (Lipinski definition) is 1. The highest BCUT2D eigenvalue weighted by Crippen LogP contribution is 2.14. The Kier molecular flexibility index (Phi) is 4.50. The van der Waals surface area contributed by atoms with Crippen LogP contribution in [0.15, 0.2) is 53.9 Å². The molecule has 98 valence electrons. The molecule has 2 rings (SSSR count). The van der Waals surface area contributed by atoms with E-state index in [9.17, 15) is 0 Å². The van der Waals surface area contributed by atoms with Crippen molar-refractivity contribution in [1.82, 2.24) is 4.98 Å². The minimum Gasteiger partial charge on any atom is -0.497 e.